The van der Waals surface area contributed by atoms with Crippen LogP contribution in [0.25, 0.3) is 0 Å². The molecular formula is C22H35N3O3S. The van der Waals surface area contributed by atoms with Crippen molar-refractivity contribution in [3.05, 3.63) is 29.3 Å². The molecule has 6 nitrogen and oxygen atoms in total. The SMILES string of the molecule is Cc1ccc(S(=O)(=O)N2CCC(C(=O)N3CCN(CC(C)C)CC3)CC2)c(C)c1. The van der Waals surface area contributed by atoms with E-state index in [1.165, 1.54) is 0 Å². The molecule has 0 N–H and O–H groups in total. The summed E-state index contributed by atoms with van der Waals surface area (Å²) < 4.78 is 27.6. The summed E-state index contributed by atoms with van der Waals surface area (Å²) in [5.41, 5.74) is 1.83. The summed E-state index contributed by atoms with van der Waals surface area (Å²) in [7, 11) is -3.50. The van der Waals surface area contributed by atoms with Crippen molar-refractivity contribution in [1.29, 1.82) is 0 Å². The van der Waals surface area contributed by atoms with E-state index in [4.69, 9.17) is 0 Å². The topological polar surface area (TPSA) is 60.9 Å². The lowest BCUT2D eigenvalue weighted by molar-refractivity contribution is -0.138. The third-order valence-electron chi connectivity index (χ3n) is 6.06. The molecule has 0 saturated carbocycles. The second kappa shape index (κ2) is 9.14. The van der Waals surface area contributed by atoms with Crippen LogP contribution in [0.15, 0.2) is 23.1 Å². The highest BCUT2D eigenvalue weighted by Crippen LogP contribution is 2.27. The van der Waals surface area contributed by atoms with Crippen molar-refractivity contribution in [2.24, 2.45) is 11.8 Å². The first-order valence-electron chi connectivity index (χ1n) is 10.8. The molecule has 0 spiro atoms. The van der Waals surface area contributed by atoms with Crippen molar-refractivity contribution in [3.8, 4) is 0 Å². The highest BCUT2D eigenvalue weighted by atomic mass is 32.2. The molecule has 2 aliphatic rings. The van der Waals surface area contributed by atoms with Gasteiger partial charge in [-0.3, -0.25) is 9.69 Å². The molecule has 2 aliphatic heterocycles. The summed E-state index contributed by atoms with van der Waals surface area (Å²) >= 11 is 0. The van der Waals surface area contributed by atoms with Gasteiger partial charge in [0.25, 0.3) is 0 Å². The normalized spacial score (nSPS) is 20.4. The number of piperidine rings is 1. The summed E-state index contributed by atoms with van der Waals surface area (Å²) in [4.78, 5) is 17.7. The molecular weight excluding hydrogens is 386 g/mol. The Bertz CT molecular complexity index is 822. The highest BCUT2D eigenvalue weighted by molar-refractivity contribution is 7.89. The van der Waals surface area contributed by atoms with Crippen LogP contribution in [0.3, 0.4) is 0 Å². The monoisotopic (exact) mass is 421 g/mol. The summed E-state index contributed by atoms with van der Waals surface area (Å²) in [6, 6.07) is 5.45. The van der Waals surface area contributed by atoms with Gasteiger partial charge in [-0.05, 0) is 44.2 Å². The molecule has 1 amide bonds. The molecule has 162 valence electrons. The van der Waals surface area contributed by atoms with Crippen molar-refractivity contribution in [2.45, 2.75) is 45.4 Å². The van der Waals surface area contributed by atoms with Crippen LogP contribution in [0.5, 0.6) is 0 Å². The minimum atomic E-state index is -3.50. The molecule has 29 heavy (non-hydrogen) atoms. The van der Waals surface area contributed by atoms with Gasteiger partial charge in [0, 0.05) is 51.7 Å². The van der Waals surface area contributed by atoms with Gasteiger partial charge in [0.15, 0.2) is 0 Å². The van der Waals surface area contributed by atoms with Crippen LogP contribution < -0.4 is 0 Å². The molecule has 0 bridgehead atoms. The number of nitrogens with zero attached hydrogens (tertiary/aromatic N) is 3. The van der Waals surface area contributed by atoms with Gasteiger partial charge in [-0.15, -0.1) is 0 Å². The van der Waals surface area contributed by atoms with Gasteiger partial charge < -0.3 is 4.90 Å². The lowest BCUT2D eigenvalue weighted by Gasteiger charge is -2.38. The van der Waals surface area contributed by atoms with E-state index in [9.17, 15) is 13.2 Å². The van der Waals surface area contributed by atoms with E-state index in [1.807, 2.05) is 30.9 Å². The average molecular weight is 422 g/mol. The fourth-order valence-corrected chi connectivity index (χ4v) is 6.17. The summed E-state index contributed by atoms with van der Waals surface area (Å²) in [6.45, 7) is 13.6. The zero-order chi connectivity index (χ0) is 21.2. The van der Waals surface area contributed by atoms with Crippen LogP contribution in [-0.2, 0) is 14.8 Å². The lowest BCUT2D eigenvalue weighted by atomic mass is 9.96. The zero-order valence-corrected chi connectivity index (χ0v) is 19.0. The van der Waals surface area contributed by atoms with E-state index in [-0.39, 0.29) is 11.8 Å². The molecule has 7 heteroatoms. The number of carbonyl (C=O) groups excluding carboxylic acids is 1. The molecule has 2 saturated heterocycles. The number of carbonyl (C=O) groups is 1. The minimum Gasteiger partial charge on any atom is -0.340 e. The largest absolute Gasteiger partial charge is 0.340 e. The third-order valence-corrected chi connectivity index (χ3v) is 8.12. The fraction of sp³-hybridized carbons (Fsp3) is 0.682. The maximum atomic E-state index is 13.0. The molecule has 2 fully saturated rings. The predicted octanol–water partition coefficient (Wildman–Crippen LogP) is 2.50. The molecule has 0 atom stereocenters. The van der Waals surface area contributed by atoms with Gasteiger partial charge in [-0.25, -0.2) is 8.42 Å². The number of amides is 1. The van der Waals surface area contributed by atoms with E-state index in [0.29, 0.717) is 36.7 Å². The van der Waals surface area contributed by atoms with Crippen molar-refractivity contribution in [2.75, 3.05) is 45.8 Å². The quantitative estimate of drug-likeness (QED) is 0.733. The molecule has 1 aromatic rings. The first-order chi connectivity index (χ1) is 13.7. The Morgan fingerprint density at radius 2 is 1.66 bits per heavy atom. The number of benzene rings is 1. The van der Waals surface area contributed by atoms with Gasteiger partial charge >= 0.3 is 0 Å². The lowest BCUT2D eigenvalue weighted by Crippen LogP contribution is -2.52. The van der Waals surface area contributed by atoms with Crippen LogP contribution in [0.1, 0.15) is 37.8 Å². The van der Waals surface area contributed by atoms with Gasteiger partial charge in [-0.2, -0.15) is 4.31 Å². The summed E-state index contributed by atoms with van der Waals surface area (Å²) in [6.07, 6.45) is 1.21. The standard InChI is InChI=1S/C22H35N3O3S/c1-17(2)16-23-11-13-24(14-12-23)22(26)20-7-9-25(10-8-20)29(27,28)21-6-5-18(3)15-19(21)4/h5-6,15,17,20H,7-14,16H2,1-4H3. The highest BCUT2D eigenvalue weighted by Gasteiger charge is 2.35. The van der Waals surface area contributed by atoms with Crippen molar-refractivity contribution >= 4 is 15.9 Å². The number of piperazine rings is 1. The number of rotatable bonds is 5. The second-order valence-electron chi connectivity index (χ2n) is 8.97. The minimum absolute atomic E-state index is 0.0581. The van der Waals surface area contributed by atoms with Crippen LogP contribution in [-0.4, -0.2) is 74.2 Å². The third kappa shape index (κ3) is 5.19. The van der Waals surface area contributed by atoms with E-state index in [2.05, 4.69) is 18.7 Å². The Morgan fingerprint density at radius 3 is 2.21 bits per heavy atom. The Labute approximate surface area is 175 Å². The van der Waals surface area contributed by atoms with Gasteiger partial charge in [0.05, 0.1) is 4.90 Å². The smallest absolute Gasteiger partial charge is 0.243 e. The van der Waals surface area contributed by atoms with Crippen LogP contribution >= 0.6 is 0 Å². The maximum Gasteiger partial charge on any atom is 0.243 e. The molecule has 0 aliphatic carbocycles. The summed E-state index contributed by atoms with van der Waals surface area (Å²) in [5, 5.41) is 0. The Balaban J connectivity index is 1.56. The van der Waals surface area contributed by atoms with Crippen molar-refractivity contribution < 1.29 is 13.2 Å². The van der Waals surface area contributed by atoms with Crippen LogP contribution in [0.2, 0.25) is 0 Å². The van der Waals surface area contributed by atoms with E-state index < -0.39 is 10.0 Å². The Morgan fingerprint density at radius 1 is 1.03 bits per heavy atom. The predicted molar refractivity (Wildman–Crippen MR) is 115 cm³/mol. The van der Waals surface area contributed by atoms with Crippen LogP contribution in [0.4, 0.5) is 0 Å². The molecule has 1 aromatic carbocycles. The average Bonchev–Trinajstić information content (AvgIpc) is 2.67. The maximum absolute atomic E-state index is 13.0. The molecule has 0 aromatic heterocycles. The molecule has 2 heterocycles. The van der Waals surface area contributed by atoms with Gasteiger partial charge in [-0.1, -0.05) is 31.5 Å². The zero-order valence-electron chi connectivity index (χ0n) is 18.2. The molecule has 3 rings (SSSR count). The Hall–Kier alpha value is -1.44. The van der Waals surface area contributed by atoms with Gasteiger partial charge in [0.2, 0.25) is 15.9 Å². The second-order valence-corrected chi connectivity index (χ2v) is 10.9. The number of sulfonamides is 1. The van der Waals surface area contributed by atoms with Crippen molar-refractivity contribution in [3.63, 3.8) is 0 Å². The van der Waals surface area contributed by atoms with E-state index in [0.717, 1.165) is 43.9 Å². The first-order valence-corrected chi connectivity index (χ1v) is 12.2. The fourth-order valence-electron chi connectivity index (χ4n) is 4.50. The van der Waals surface area contributed by atoms with E-state index in [1.54, 1.807) is 10.4 Å². The number of aryl methyl sites for hydroxylation is 2. The van der Waals surface area contributed by atoms with E-state index >= 15 is 0 Å². The molecule has 0 radical (unpaired) electrons. The number of hydrogen-bond acceptors (Lipinski definition) is 4. The summed E-state index contributed by atoms with van der Waals surface area (Å²) in [5.74, 6) is 0.788. The first kappa shape index (κ1) is 22.2. The van der Waals surface area contributed by atoms with Crippen molar-refractivity contribution in [1.82, 2.24) is 14.1 Å². The molecule has 0 unspecified atom stereocenters. The number of hydrogen-bond donors (Lipinski definition) is 0. The Kier molecular flexibility index (Phi) is 7.02. The van der Waals surface area contributed by atoms with Crippen LogP contribution in [0, 0.1) is 25.7 Å². The van der Waals surface area contributed by atoms with Gasteiger partial charge in [0.1, 0.15) is 0 Å².